The van der Waals surface area contributed by atoms with Gasteiger partial charge in [-0.05, 0) is 34.4 Å². The van der Waals surface area contributed by atoms with Gasteiger partial charge in [-0.15, -0.1) is 0 Å². The van der Waals surface area contributed by atoms with E-state index in [2.05, 4.69) is 20.7 Å². The summed E-state index contributed by atoms with van der Waals surface area (Å²) in [4.78, 5) is 21.7. The number of nitrogens with two attached hydrogens (primary N) is 1. The molecule has 1 aromatic heterocycles. The molecule has 1 atom stereocenters. The predicted octanol–water partition coefficient (Wildman–Crippen LogP) is 1.94. The molecule has 128 valence electrons. The molecule has 0 saturated carbocycles. The van der Waals surface area contributed by atoms with Gasteiger partial charge in [0.1, 0.15) is 0 Å². The topological polar surface area (TPSA) is 92.4 Å². The monoisotopic (exact) mass is 343 g/mol. The highest BCUT2D eigenvalue weighted by Crippen LogP contribution is 2.38. The van der Waals surface area contributed by atoms with Crippen molar-refractivity contribution in [1.29, 1.82) is 0 Å². The summed E-state index contributed by atoms with van der Waals surface area (Å²) in [5.41, 5.74) is 4.71. The fourth-order valence-corrected chi connectivity index (χ4v) is 3.21. The molecule has 6 nitrogen and oxygen atoms in total. The summed E-state index contributed by atoms with van der Waals surface area (Å²) in [5.74, 6) is 5.48. The minimum Gasteiger partial charge on any atom is -0.294 e. The molecule has 0 aliphatic carbocycles. The highest BCUT2D eigenvalue weighted by Gasteiger charge is 2.47. The number of pyridine rings is 1. The van der Waals surface area contributed by atoms with E-state index in [-0.39, 0.29) is 11.9 Å². The molecule has 0 saturated heterocycles. The Morgan fingerprint density at radius 2 is 1.69 bits per heavy atom. The number of hydrogen-bond donors (Lipinski definition) is 3. The Morgan fingerprint density at radius 1 is 0.923 bits per heavy atom. The second-order valence-electron chi connectivity index (χ2n) is 5.96. The lowest BCUT2D eigenvalue weighted by Gasteiger charge is -2.25. The lowest BCUT2D eigenvalue weighted by molar-refractivity contribution is -0.122. The van der Waals surface area contributed by atoms with Crippen LogP contribution in [0.2, 0.25) is 0 Å². The molecule has 1 unspecified atom stereocenters. The molecule has 2 heterocycles. The van der Waals surface area contributed by atoms with E-state index >= 15 is 0 Å². The van der Waals surface area contributed by atoms with Crippen LogP contribution < -0.4 is 16.6 Å². The first kappa shape index (κ1) is 16.0. The fourth-order valence-electron chi connectivity index (χ4n) is 3.21. The zero-order chi connectivity index (χ0) is 18.0. The van der Waals surface area contributed by atoms with Gasteiger partial charge in [0, 0.05) is 12.4 Å². The van der Waals surface area contributed by atoms with Gasteiger partial charge in [0.15, 0.2) is 5.54 Å². The van der Waals surface area contributed by atoms with Gasteiger partial charge in [-0.3, -0.25) is 20.5 Å². The number of amides is 1. The third-order valence-corrected chi connectivity index (χ3v) is 4.44. The van der Waals surface area contributed by atoms with Crippen LogP contribution in [0, 0.1) is 0 Å². The van der Waals surface area contributed by atoms with Crippen LogP contribution >= 0.6 is 0 Å². The van der Waals surface area contributed by atoms with E-state index in [1.807, 2.05) is 66.7 Å². The van der Waals surface area contributed by atoms with E-state index in [0.717, 1.165) is 22.3 Å². The molecule has 26 heavy (non-hydrogen) atoms. The number of hydrazine groups is 1. The van der Waals surface area contributed by atoms with Gasteiger partial charge in [-0.2, -0.15) is 0 Å². The Bertz CT molecular complexity index is 972. The summed E-state index contributed by atoms with van der Waals surface area (Å²) in [6, 6.07) is 21.1. The number of carbonyl (C=O) groups excluding carboxylic acids is 1. The second kappa shape index (κ2) is 6.42. The minimum absolute atomic E-state index is 0.241. The molecule has 4 N–H and O–H groups in total. The minimum atomic E-state index is -1.19. The third-order valence-electron chi connectivity index (χ3n) is 4.44. The van der Waals surface area contributed by atoms with Gasteiger partial charge in [0.25, 0.3) is 5.91 Å². The number of rotatable bonds is 3. The number of benzene rings is 2. The van der Waals surface area contributed by atoms with Crippen molar-refractivity contribution >= 4 is 11.9 Å². The van der Waals surface area contributed by atoms with Gasteiger partial charge in [0.2, 0.25) is 5.96 Å². The Labute approximate surface area is 150 Å². The van der Waals surface area contributed by atoms with E-state index < -0.39 is 5.54 Å². The molecule has 1 aliphatic rings. The number of hydrogen-bond acceptors (Lipinski definition) is 5. The standard InChI is InChI=1S/C20H17N5O/c21-25-19-23-18(26)20(24-19,16-8-2-1-3-9-16)17-10-4-6-14(12-17)15-7-5-11-22-13-15/h1-13H,21H2,(H2,23,24,25,26). The number of nitrogens with zero attached hydrogens (tertiary/aromatic N) is 2. The summed E-state index contributed by atoms with van der Waals surface area (Å²) >= 11 is 0. The van der Waals surface area contributed by atoms with Crippen LogP contribution in [0.4, 0.5) is 0 Å². The summed E-state index contributed by atoms with van der Waals surface area (Å²) < 4.78 is 0. The van der Waals surface area contributed by atoms with Gasteiger partial charge in [-0.25, -0.2) is 10.8 Å². The molecule has 0 radical (unpaired) electrons. The van der Waals surface area contributed by atoms with Crippen molar-refractivity contribution in [3.05, 3.63) is 90.3 Å². The van der Waals surface area contributed by atoms with Crippen LogP contribution in [0.3, 0.4) is 0 Å². The van der Waals surface area contributed by atoms with Gasteiger partial charge < -0.3 is 0 Å². The number of aliphatic imine (C=N–C) groups is 1. The van der Waals surface area contributed by atoms with Gasteiger partial charge in [0.05, 0.1) is 0 Å². The highest BCUT2D eigenvalue weighted by molar-refractivity contribution is 6.09. The number of guanidine groups is 1. The maximum Gasteiger partial charge on any atom is 0.264 e. The van der Waals surface area contributed by atoms with Crippen molar-refractivity contribution in [3.63, 3.8) is 0 Å². The highest BCUT2D eigenvalue weighted by atomic mass is 16.2. The van der Waals surface area contributed by atoms with Crippen molar-refractivity contribution < 1.29 is 4.79 Å². The summed E-state index contributed by atoms with van der Waals surface area (Å²) in [6.45, 7) is 0. The van der Waals surface area contributed by atoms with Crippen LogP contribution in [0.15, 0.2) is 84.1 Å². The molecule has 0 fully saturated rings. The summed E-state index contributed by atoms with van der Waals surface area (Å²) in [5, 5.41) is 2.71. The van der Waals surface area contributed by atoms with E-state index in [1.54, 1.807) is 12.4 Å². The van der Waals surface area contributed by atoms with Crippen molar-refractivity contribution in [2.45, 2.75) is 5.54 Å². The maximum atomic E-state index is 13.0. The molecular formula is C20H17N5O. The Morgan fingerprint density at radius 3 is 2.38 bits per heavy atom. The molecule has 2 aromatic carbocycles. The van der Waals surface area contributed by atoms with E-state index in [4.69, 9.17) is 5.84 Å². The number of carbonyl (C=O) groups is 1. The first-order valence-corrected chi connectivity index (χ1v) is 8.18. The zero-order valence-electron chi connectivity index (χ0n) is 13.9. The second-order valence-corrected chi connectivity index (χ2v) is 5.96. The van der Waals surface area contributed by atoms with Crippen molar-refractivity contribution in [2.24, 2.45) is 10.8 Å². The Kier molecular flexibility index (Phi) is 3.95. The molecule has 4 rings (SSSR count). The quantitative estimate of drug-likeness (QED) is 0.500. The van der Waals surface area contributed by atoms with Gasteiger partial charge in [-0.1, -0.05) is 54.6 Å². The molecular weight excluding hydrogens is 326 g/mol. The van der Waals surface area contributed by atoms with Crippen LogP contribution in [0.5, 0.6) is 0 Å². The SMILES string of the molecule is NNC1=NC(c2ccccc2)(c2cccc(-c3cccnc3)c2)C(=O)N1. The van der Waals surface area contributed by atoms with E-state index in [1.165, 1.54) is 0 Å². The molecule has 3 aromatic rings. The molecule has 6 heteroatoms. The van der Waals surface area contributed by atoms with Crippen LogP contribution in [-0.2, 0) is 10.3 Å². The average Bonchev–Trinajstić information content (AvgIpc) is 3.07. The molecule has 0 bridgehead atoms. The van der Waals surface area contributed by atoms with Crippen LogP contribution in [0.1, 0.15) is 11.1 Å². The lowest BCUT2D eigenvalue weighted by atomic mass is 9.82. The molecule has 1 amide bonds. The Hall–Kier alpha value is -3.51. The predicted molar refractivity (Wildman–Crippen MR) is 99.8 cm³/mol. The first-order valence-electron chi connectivity index (χ1n) is 8.18. The zero-order valence-corrected chi connectivity index (χ0v) is 13.9. The Balaban J connectivity index is 1.92. The van der Waals surface area contributed by atoms with Crippen molar-refractivity contribution in [2.75, 3.05) is 0 Å². The molecule has 1 aliphatic heterocycles. The first-order chi connectivity index (χ1) is 12.7. The smallest absolute Gasteiger partial charge is 0.264 e. The van der Waals surface area contributed by atoms with Crippen molar-refractivity contribution in [1.82, 2.24) is 15.7 Å². The fraction of sp³-hybridized carbons (Fsp3) is 0.0500. The van der Waals surface area contributed by atoms with E-state index in [9.17, 15) is 4.79 Å². The lowest BCUT2D eigenvalue weighted by Crippen LogP contribution is -2.43. The van der Waals surface area contributed by atoms with Crippen LogP contribution in [-0.4, -0.2) is 16.9 Å². The summed E-state index contributed by atoms with van der Waals surface area (Å²) in [7, 11) is 0. The third kappa shape index (κ3) is 2.53. The molecule has 0 spiro atoms. The van der Waals surface area contributed by atoms with Crippen molar-refractivity contribution in [3.8, 4) is 11.1 Å². The number of nitrogens with one attached hydrogen (secondary N) is 2. The average molecular weight is 343 g/mol. The largest absolute Gasteiger partial charge is 0.294 e. The maximum absolute atomic E-state index is 13.0. The summed E-state index contributed by atoms with van der Waals surface area (Å²) in [6.07, 6.45) is 3.52. The van der Waals surface area contributed by atoms with Gasteiger partial charge >= 0.3 is 0 Å². The normalized spacial score (nSPS) is 19.0. The van der Waals surface area contributed by atoms with E-state index in [0.29, 0.717) is 0 Å². The van der Waals surface area contributed by atoms with Crippen LogP contribution in [0.25, 0.3) is 11.1 Å². The number of aromatic nitrogens is 1.